The number of aromatic nitrogens is 2. The number of nitrogens with two attached hydrogens (primary N) is 1. The van der Waals surface area contributed by atoms with Crippen LogP contribution in [0, 0.1) is 0 Å². The Kier molecular flexibility index (Phi) is 3.33. The zero-order valence-corrected chi connectivity index (χ0v) is 11.0. The summed E-state index contributed by atoms with van der Waals surface area (Å²) < 4.78 is 0. The number of nitrogens with one attached hydrogen (secondary N) is 1. The number of hydrogen-bond donors (Lipinski definition) is 2. The molecule has 1 saturated carbocycles. The van der Waals surface area contributed by atoms with E-state index in [2.05, 4.69) is 31.2 Å². The molecule has 1 heterocycles. The van der Waals surface area contributed by atoms with Crippen LogP contribution in [-0.4, -0.2) is 9.97 Å². The summed E-state index contributed by atoms with van der Waals surface area (Å²) in [5.74, 6) is 7.68. The normalized spacial score (nSPS) is 17.4. The van der Waals surface area contributed by atoms with Gasteiger partial charge >= 0.3 is 0 Å². The van der Waals surface area contributed by atoms with Gasteiger partial charge in [-0.15, -0.1) is 0 Å². The van der Waals surface area contributed by atoms with Crippen LogP contribution < -0.4 is 11.3 Å². The molecule has 94 valence electrons. The van der Waals surface area contributed by atoms with Gasteiger partial charge in [0.25, 0.3) is 0 Å². The van der Waals surface area contributed by atoms with E-state index in [1.807, 2.05) is 6.07 Å². The lowest BCUT2D eigenvalue weighted by atomic mass is 9.94. The molecule has 1 aliphatic rings. The van der Waals surface area contributed by atoms with Gasteiger partial charge in [-0.3, -0.25) is 0 Å². The van der Waals surface area contributed by atoms with Gasteiger partial charge in [-0.25, -0.2) is 15.8 Å². The molecule has 1 aliphatic carbocycles. The molecular formula is C13H22N4. The molecule has 2 rings (SSSR count). The Balaban J connectivity index is 2.38. The summed E-state index contributed by atoms with van der Waals surface area (Å²) in [6.45, 7) is 6.38. The van der Waals surface area contributed by atoms with Crippen LogP contribution in [0.1, 0.15) is 63.9 Å². The first-order chi connectivity index (χ1) is 8.00. The van der Waals surface area contributed by atoms with Gasteiger partial charge in [-0.1, -0.05) is 33.6 Å². The van der Waals surface area contributed by atoms with Gasteiger partial charge in [0.15, 0.2) is 0 Å². The molecule has 1 aromatic rings. The first-order valence-corrected chi connectivity index (χ1v) is 6.37. The molecule has 0 unspecified atom stereocenters. The molecule has 1 fully saturated rings. The van der Waals surface area contributed by atoms with E-state index in [-0.39, 0.29) is 5.41 Å². The SMILES string of the molecule is CC(C)(C)c1nc(NN)cc(C2CCCC2)n1. The Morgan fingerprint density at radius 3 is 2.41 bits per heavy atom. The smallest absolute Gasteiger partial charge is 0.143 e. The molecular weight excluding hydrogens is 212 g/mol. The minimum absolute atomic E-state index is 0.0415. The van der Waals surface area contributed by atoms with Gasteiger partial charge in [0.2, 0.25) is 0 Å². The van der Waals surface area contributed by atoms with E-state index >= 15 is 0 Å². The fourth-order valence-corrected chi connectivity index (χ4v) is 2.31. The lowest BCUT2D eigenvalue weighted by Crippen LogP contribution is -2.20. The van der Waals surface area contributed by atoms with Gasteiger partial charge in [0.05, 0.1) is 0 Å². The summed E-state index contributed by atoms with van der Waals surface area (Å²) >= 11 is 0. The van der Waals surface area contributed by atoms with Gasteiger partial charge in [-0.2, -0.15) is 0 Å². The van der Waals surface area contributed by atoms with Crippen molar-refractivity contribution in [2.24, 2.45) is 5.84 Å². The largest absolute Gasteiger partial charge is 0.308 e. The standard InChI is InChI=1S/C13H22N4/c1-13(2,3)12-15-10(8-11(16-12)17-14)9-6-4-5-7-9/h8-9H,4-7,14H2,1-3H3,(H,15,16,17). The zero-order chi connectivity index (χ0) is 12.5. The van der Waals surface area contributed by atoms with Crippen molar-refractivity contribution in [2.75, 3.05) is 5.43 Å². The second-order valence-electron chi connectivity index (χ2n) is 5.88. The highest BCUT2D eigenvalue weighted by molar-refractivity contribution is 5.36. The van der Waals surface area contributed by atoms with Crippen LogP contribution in [0.2, 0.25) is 0 Å². The van der Waals surface area contributed by atoms with Crippen LogP contribution in [0.4, 0.5) is 5.82 Å². The summed E-state index contributed by atoms with van der Waals surface area (Å²) in [5, 5.41) is 0. The van der Waals surface area contributed by atoms with E-state index in [0.717, 1.165) is 17.3 Å². The zero-order valence-electron chi connectivity index (χ0n) is 11.0. The maximum Gasteiger partial charge on any atom is 0.143 e. The van der Waals surface area contributed by atoms with Crippen molar-refractivity contribution in [3.63, 3.8) is 0 Å². The number of hydrogen-bond acceptors (Lipinski definition) is 4. The Morgan fingerprint density at radius 2 is 1.88 bits per heavy atom. The van der Waals surface area contributed by atoms with Crippen LogP contribution in [0.5, 0.6) is 0 Å². The van der Waals surface area contributed by atoms with Crippen molar-refractivity contribution in [1.82, 2.24) is 9.97 Å². The quantitative estimate of drug-likeness (QED) is 0.610. The molecule has 0 aromatic carbocycles. The third-order valence-electron chi connectivity index (χ3n) is 3.34. The van der Waals surface area contributed by atoms with Crippen LogP contribution in [0.3, 0.4) is 0 Å². The molecule has 0 radical (unpaired) electrons. The van der Waals surface area contributed by atoms with Gasteiger partial charge in [0.1, 0.15) is 11.6 Å². The van der Waals surface area contributed by atoms with Crippen LogP contribution in [0.25, 0.3) is 0 Å². The first kappa shape index (κ1) is 12.3. The molecule has 0 bridgehead atoms. The Morgan fingerprint density at radius 1 is 1.24 bits per heavy atom. The van der Waals surface area contributed by atoms with Crippen molar-refractivity contribution >= 4 is 5.82 Å². The summed E-state index contributed by atoms with van der Waals surface area (Å²) in [7, 11) is 0. The molecule has 4 heteroatoms. The van der Waals surface area contributed by atoms with Crippen molar-refractivity contribution in [3.8, 4) is 0 Å². The van der Waals surface area contributed by atoms with E-state index in [0.29, 0.717) is 5.92 Å². The van der Waals surface area contributed by atoms with E-state index in [1.54, 1.807) is 0 Å². The minimum atomic E-state index is -0.0415. The molecule has 0 amide bonds. The second kappa shape index (κ2) is 4.61. The van der Waals surface area contributed by atoms with Crippen molar-refractivity contribution in [1.29, 1.82) is 0 Å². The minimum Gasteiger partial charge on any atom is -0.308 e. The van der Waals surface area contributed by atoms with E-state index < -0.39 is 0 Å². The van der Waals surface area contributed by atoms with E-state index in [1.165, 1.54) is 25.7 Å². The van der Waals surface area contributed by atoms with Crippen LogP contribution in [-0.2, 0) is 5.41 Å². The van der Waals surface area contributed by atoms with Gasteiger partial charge < -0.3 is 5.43 Å². The number of hydrazine groups is 1. The molecule has 0 atom stereocenters. The predicted octanol–water partition coefficient (Wildman–Crippen LogP) is 2.72. The highest BCUT2D eigenvalue weighted by atomic mass is 15.3. The Labute approximate surface area is 103 Å². The lowest BCUT2D eigenvalue weighted by Gasteiger charge is -2.20. The van der Waals surface area contributed by atoms with E-state index in [4.69, 9.17) is 10.8 Å². The third kappa shape index (κ3) is 2.75. The molecule has 0 saturated heterocycles. The number of nitrogen functional groups attached to an aromatic ring is 1. The molecule has 3 N–H and O–H groups in total. The molecule has 4 nitrogen and oxygen atoms in total. The maximum absolute atomic E-state index is 5.49. The Hall–Kier alpha value is -1.16. The van der Waals surface area contributed by atoms with Crippen LogP contribution in [0.15, 0.2) is 6.07 Å². The third-order valence-corrected chi connectivity index (χ3v) is 3.34. The fourth-order valence-electron chi connectivity index (χ4n) is 2.31. The summed E-state index contributed by atoms with van der Waals surface area (Å²) in [5.41, 5.74) is 3.76. The average Bonchev–Trinajstić information content (AvgIpc) is 2.80. The molecule has 0 aliphatic heterocycles. The molecule has 1 aromatic heterocycles. The number of rotatable bonds is 2. The lowest BCUT2D eigenvalue weighted by molar-refractivity contribution is 0.536. The van der Waals surface area contributed by atoms with Crippen LogP contribution >= 0.6 is 0 Å². The molecule has 0 spiro atoms. The fraction of sp³-hybridized carbons (Fsp3) is 0.692. The summed E-state index contributed by atoms with van der Waals surface area (Å²) in [6, 6.07) is 1.99. The van der Waals surface area contributed by atoms with Crippen molar-refractivity contribution < 1.29 is 0 Å². The monoisotopic (exact) mass is 234 g/mol. The van der Waals surface area contributed by atoms with E-state index in [9.17, 15) is 0 Å². The average molecular weight is 234 g/mol. The number of anilines is 1. The number of nitrogens with zero attached hydrogens (tertiary/aromatic N) is 2. The predicted molar refractivity (Wildman–Crippen MR) is 69.8 cm³/mol. The summed E-state index contributed by atoms with van der Waals surface area (Å²) in [4.78, 5) is 9.18. The highest BCUT2D eigenvalue weighted by Crippen LogP contribution is 2.34. The van der Waals surface area contributed by atoms with Crippen molar-refractivity contribution in [2.45, 2.75) is 57.8 Å². The second-order valence-corrected chi connectivity index (χ2v) is 5.88. The van der Waals surface area contributed by atoms with Gasteiger partial charge in [-0.05, 0) is 12.8 Å². The van der Waals surface area contributed by atoms with Crippen molar-refractivity contribution in [3.05, 3.63) is 17.6 Å². The topological polar surface area (TPSA) is 63.8 Å². The Bertz CT molecular complexity index is 389. The van der Waals surface area contributed by atoms with Gasteiger partial charge in [0, 0.05) is 23.1 Å². The highest BCUT2D eigenvalue weighted by Gasteiger charge is 2.23. The summed E-state index contributed by atoms with van der Waals surface area (Å²) in [6.07, 6.45) is 5.10. The molecule has 17 heavy (non-hydrogen) atoms. The first-order valence-electron chi connectivity index (χ1n) is 6.37. The maximum atomic E-state index is 5.49.